The molecule has 1 aliphatic carbocycles. The largest absolute Gasteiger partial charge is 0.396 e. The minimum atomic E-state index is 0.577. The third kappa shape index (κ3) is 1.30. The van der Waals surface area contributed by atoms with Gasteiger partial charge in [0, 0.05) is 11.3 Å². The number of benzene rings is 1. The predicted octanol–water partition coefficient (Wildman–Crippen LogP) is 3.07. The van der Waals surface area contributed by atoms with Crippen LogP contribution in [0.3, 0.4) is 0 Å². The van der Waals surface area contributed by atoms with Gasteiger partial charge in [0.15, 0.2) is 5.58 Å². The van der Waals surface area contributed by atoms with E-state index in [1.807, 2.05) is 12.1 Å². The zero-order valence-electron chi connectivity index (χ0n) is 8.57. The van der Waals surface area contributed by atoms with Crippen LogP contribution in [0, 0.1) is 0 Å². The van der Waals surface area contributed by atoms with Crippen molar-refractivity contribution in [3.05, 3.63) is 23.9 Å². The van der Waals surface area contributed by atoms with Gasteiger partial charge >= 0.3 is 0 Å². The van der Waals surface area contributed by atoms with Crippen molar-refractivity contribution in [2.45, 2.75) is 31.6 Å². The number of nitrogens with two attached hydrogens (primary N) is 1. The van der Waals surface area contributed by atoms with Crippen LogP contribution in [0.25, 0.3) is 11.0 Å². The molecule has 0 aliphatic heterocycles. The lowest BCUT2D eigenvalue weighted by Gasteiger charge is -2.03. The molecule has 0 unspecified atom stereocenters. The van der Waals surface area contributed by atoms with E-state index in [0.717, 1.165) is 16.7 Å². The van der Waals surface area contributed by atoms with Crippen molar-refractivity contribution in [2.75, 3.05) is 5.73 Å². The molecule has 1 saturated carbocycles. The molecule has 1 aliphatic rings. The Bertz CT molecular complexity index is 483. The van der Waals surface area contributed by atoms with E-state index in [1.54, 1.807) is 0 Å². The van der Waals surface area contributed by atoms with E-state index >= 15 is 0 Å². The van der Waals surface area contributed by atoms with E-state index in [9.17, 15) is 0 Å². The Labute approximate surface area is 88.2 Å². The molecule has 0 saturated heterocycles. The Morgan fingerprint density at radius 3 is 2.87 bits per heavy atom. The molecule has 0 spiro atoms. The first kappa shape index (κ1) is 8.77. The third-order valence-corrected chi connectivity index (χ3v) is 3.30. The maximum absolute atomic E-state index is 5.83. The van der Waals surface area contributed by atoms with Crippen molar-refractivity contribution >= 4 is 16.7 Å². The summed E-state index contributed by atoms with van der Waals surface area (Å²) in [6.07, 6.45) is 5.08. The second-order valence-electron chi connectivity index (χ2n) is 4.27. The molecule has 1 aromatic heterocycles. The van der Waals surface area contributed by atoms with Crippen molar-refractivity contribution < 1.29 is 4.52 Å². The molecule has 3 nitrogen and oxygen atoms in total. The second kappa shape index (κ2) is 3.26. The highest BCUT2D eigenvalue weighted by molar-refractivity contribution is 5.89. The number of fused-ring (bicyclic) bond motifs is 1. The fourth-order valence-corrected chi connectivity index (χ4v) is 2.50. The molecule has 3 rings (SSSR count). The Morgan fingerprint density at radius 1 is 1.27 bits per heavy atom. The second-order valence-corrected chi connectivity index (χ2v) is 4.27. The van der Waals surface area contributed by atoms with Crippen molar-refractivity contribution in [3.63, 3.8) is 0 Å². The Balaban J connectivity index is 2.15. The lowest BCUT2D eigenvalue weighted by Crippen LogP contribution is -1.92. The molecule has 1 aromatic carbocycles. The summed E-state index contributed by atoms with van der Waals surface area (Å²) < 4.78 is 5.32. The summed E-state index contributed by atoms with van der Waals surface area (Å²) >= 11 is 0. The van der Waals surface area contributed by atoms with Gasteiger partial charge < -0.3 is 10.3 Å². The summed E-state index contributed by atoms with van der Waals surface area (Å²) in [5, 5.41) is 5.28. The van der Waals surface area contributed by atoms with Crippen LogP contribution in [0.2, 0.25) is 0 Å². The van der Waals surface area contributed by atoms with Crippen LogP contribution in [-0.2, 0) is 0 Å². The zero-order chi connectivity index (χ0) is 10.3. The molecule has 0 bridgehead atoms. The minimum Gasteiger partial charge on any atom is -0.396 e. The Hall–Kier alpha value is -1.51. The van der Waals surface area contributed by atoms with Gasteiger partial charge in [-0.2, -0.15) is 0 Å². The summed E-state index contributed by atoms with van der Waals surface area (Å²) in [4.78, 5) is 0. The monoisotopic (exact) mass is 202 g/mol. The first-order valence-corrected chi connectivity index (χ1v) is 5.50. The van der Waals surface area contributed by atoms with Crippen LogP contribution >= 0.6 is 0 Å². The molecule has 0 amide bonds. The lowest BCUT2D eigenvalue weighted by atomic mass is 10.0. The Morgan fingerprint density at radius 2 is 2.07 bits per heavy atom. The van der Waals surface area contributed by atoms with Gasteiger partial charge in [-0.25, -0.2) is 0 Å². The average Bonchev–Trinajstić information content (AvgIpc) is 2.85. The minimum absolute atomic E-state index is 0.577. The summed E-state index contributed by atoms with van der Waals surface area (Å²) in [6.45, 7) is 0. The molecule has 1 heterocycles. The van der Waals surface area contributed by atoms with Crippen LogP contribution in [0.5, 0.6) is 0 Å². The highest BCUT2D eigenvalue weighted by Crippen LogP contribution is 2.37. The smallest absolute Gasteiger partial charge is 0.189 e. The number of rotatable bonds is 1. The van der Waals surface area contributed by atoms with Crippen LogP contribution < -0.4 is 5.73 Å². The molecule has 2 aromatic rings. The number of anilines is 1. The number of nitrogens with zero attached hydrogens (tertiary/aromatic N) is 1. The van der Waals surface area contributed by atoms with Gasteiger partial charge in [-0.3, -0.25) is 0 Å². The number of hydrogen-bond donors (Lipinski definition) is 1. The quantitative estimate of drug-likeness (QED) is 0.723. The normalized spacial score (nSPS) is 17.6. The van der Waals surface area contributed by atoms with Gasteiger partial charge in [0.05, 0.1) is 11.4 Å². The number of hydrogen-bond acceptors (Lipinski definition) is 3. The molecule has 1 fully saturated rings. The molecular weight excluding hydrogens is 188 g/mol. The van der Waals surface area contributed by atoms with E-state index in [0.29, 0.717) is 11.6 Å². The number of para-hydroxylation sites is 1. The molecule has 15 heavy (non-hydrogen) atoms. The van der Waals surface area contributed by atoms with Crippen LogP contribution in [0.1, 0.15) is 37.3 Å². The SMILES string of the molecule is Nc1cccc2c(C3CCCC3)noc12. The number of nitrogen functional groups attached to an aromatic ring is 1. The fourth-order valence-electron chi connectivity index (χ4n) is 2.50. The predicted molar refractivity (Wildman–Crippen MR) is 59.6 cm³/mol. The summed E-state index contributed by atoms with van der Waals surface area (Å²) in [7, 11) is 0. The van der Waals surface area contributed by atoms with Crippen LogP contribution in [0.4, 0.5) is 5.69 Å². The third-order valence-electron chi connectivity index (χ3n) is 3.30. The summed E-state index contributed by atoms with van der Waals surface area (Å²) in [5.74, 6) is 0.577. The number of aromatic nitrogens is 1. The highest BCUT2D eigenvalue weighted by Gasteiger charge is 2.23. The molecule has 0 radical (unpaired) electrons. The van der Waals surface area contributed by atoms with Gasteiger partial charge in [0.1, 0.15) is 0 Å². The first-order chi connectivity index (χ1) is 7.36. The lowest BCUT2D eigenvalue weighted by molar-refractivity contribution is 0.437. The molecular formula is C12H14N2O. The van der Waals surface area contributed by atoms with Crippen LogP contribution in [0.15, 0.2) is 22.7 Å². The van der Waals surface area contributed by atoms with E-state index < -0.39 is 0 Å². The van der Waals surface area contributed by atoms with Gasteiger partial charge in [-0.1, -0.05) is 24.1 Å². The Kier molecular flexibility index (Phi) is 1.91. The van der Waals surface area contributed by atoms with Crippen molar-refractivity contribution in [1.82, 2.24) is 5.16 Å². The average molecular weight is 202 g/mol. The molecule has 78 valence electrons. The van der Waals surface area contributed by atoms with Crippen molar-refractivity contribution in [1.29, 1.82) is 0 Å². The summed E-state index contributed by atoms with van der Waals surface area (Å²) in [5.41, 5.74) is 8.37. The van der Waals surface area contributed by atoms with E-state index in [2.05, 4.69) is 11.2 Å². The van der Waals surface area contributed by atoms with Crippen molar-refractivity contribution in [2.24, 2.45) is 0 Å². The van der Waals surface area contributed by atoms with Gasteiger partial charge in [-0.05, 0) is 25.0 Å². The molecule has 0 atom stereocenters. The van der Waals surface area contributed by atoms with E-state index in [1.165, 1.54) is 25.7 Å². The maximum atomic E-state index is 5.83. The zero-order valence-corrected chi connectivity index (χ0v) is 8.57. The standard InChI is InChI=1S/C12H14N2O/c13-10-7-3-6-9-11(14-15-12(9)10)8-4-1-2-5-8/h3,6-8H,1-2,4-5,13H2. The van der Waals surface area contributed by atoms with Gasteiger partial charge in [0.25, 0.3) is 0 Å². The summed E-state index contributed by atoms with van der Waals surface area (Å²) in [6, 6.07) is 5.87. The van der Waals surface area contributed by atoms with Crippen molar-refractivity contribution in [3.8, 4) is 0 Å². The molecule has 3 heteroatoms. The van der Waals surface area contributed by atoms with Gasteiger partial charge in [-0.15, -0.1) is 0 Å². The van der Waals surface area contributed by atoms with E-state index in [4.69, 9.17) is 10.3 Å². The highest BCUT2D eigenvalue weighted by atomic mass is 16.5. The molecule has 2 N–H and O–H groups in total. The maximum Gasteiger partial charge on any atom is 0.189 e. The fraction of sp³-hybridized carbons (Fsp3) is 0.417. The van der Waals surface area contributed by atoms with Gasteiger partial charge in [0.2, 0.25) is 0 Å². The van der Waals surface area contributed by atoms with E-state index in [-0.39, 0.29) is 0 Å². The topological polar surface area (TPSA) is 52.0 Å². The van der Waals surface area contributed by atoms with Crippen LogP contribution in [-0.4, -0.2) is 5.16 Å². The first-order valence-electron chi connectivity index (χ1n) is 5.50.